The van der Waals surface area contributed by atoms with Gasteiger partial charge in [-0.15, -0.1) is 0 Å². The molecular weight excluding hydrogens is 254 g/mol. The second-order valence-electron chi connectivity index (χ2n) is 5.39. The smallest absolute Gasteiger partial charge is 0.255 e. The zero-order valence-corrected chi connectivity index (χ0v) is 12.3. The van der Waals surface area contributed by atoms with Gasteiger partial charge in [-0.2, -0.15) is 0 Å². The highest BCUT2D eigenvalue weighted by Crippen LogP contribution is 2.17. The predicted octanol–water partition coefficient (Wildman–Crippen LogP) is 1.26. The molecule has 0 bridgehead atoms. The first-order valence-electron chi connectivity index (χ1n) is 7.12. The summed E-state index contributed by atoms with van der Waals surface area (Å²) in [6, 6.07) is 3.91. The minimum absolute atomic E-state index is 0.0758. The van der Waals surface area contributed by atoms with Gasteiger partial charge in [-0.25, -0.2) is 0 Å². The highest BCUT2D eigenvalue weighted by Gasteiger charge is 2.26. The highest BCUT2D eigenvalue weighted by atomic mass is 16.5. The lowest BCUT2D eigenvalue weighted by Gasteiger charge is -2.35. The standard InChI is InChI=1S/C15H23N3O2/c1-17(2)8-9-18(14-5-10-20-11-6-14)15(19)13-4-3-7-16-12-13/h3-4,7,12,14H,5-6,8-11H2,1-2H3. The number of pyridine rings is 1. The Morgan fingerprint density at radius 2 is 2.10 bits per heavy atom. The van der Waals surface area contributed by atoms with E-state index in [1.165, 1.54) is 0 Å². The van der Waals surface area contributed by atoms with Crippen LogP contribution in [0.3, 0.4) is 0 Å². The molecule has 0 atom stereocenters. The fourth-order valence-corrected chi connectivity index (χ4v) is 2.41. The highest BCUT2D eigenvalue weighted by molar-refractivity contribution is 5.94. The van der Waals surface area contributed by atoms with E-state index in [0.29, 0.717) is 5.56 Å². The van der Waals surface area contributed by atoms with Crippen LogP contribution < -0.4 is 0 Å². The number of hydrogen-bond acceptors (Lipinski definition) is 4. The van der Waals surface area contributed by atoms with Crippen LogP contribution in [0.4, 0.5) is 0 Å². The summed E-state index contributed by atoms with van der Waals surface area (Å²) in [5.74, 6) is 0.0758. The van der Waals surface area contributed by atoms with Crippen LogP contribution in [-0.2, 0) is 4.74 Å². The topological polar surface area (TPSA) is 45.7 Å². The number of likely N-dealkylation sites (N-methyl/N-ethyl adjacent to an activating group) is 1. The van der Waals surface area contributed by atoms with E-state index in [0.717, 1.165) is 39.1 Å². The zero-order valence-electron chi connectivity index (χ0n) is 12.3. The van der Waals surface area contributed by atoms with Crippen molar-refractivity contribution in [3.05, 3.63) is 30.1 Å². The lowest BCUT2D eigenvalue weighted by atomic mass is 10.1. The number of nitrogens with zero attached hydrogens (tertiary/aromatic N) is 3. The van der Waals surface area contributed by atoms with Crippen LogP contribution in [0.5, 0.6) is 0 Å². The number of carbonyl (C=O) groups excluding carboxylic acids is 1. The maximum absolute atomic E-state index is 12.7. The van der Waals surface area contributed by atoms with Crippen molar-refractivity contribution in [3.63, 3.8) is 0 Å². The van der Waals surface area contributed by atoms with Crippen LogP contribution in [0.25, 0.3) is 0 Å². The van der Waals surface area contributed by atoms with Crippen molar-refractivity contribution in [3.8, 4) is 0 Å². The monoisotopic (exact) mass is 277 g/mol. The van der Waals surface area contributed by atoms with Gasteiger partial charge >= 0.3 is 0 Å². The zero-order chi connectivity index (χ0) is 14.4. The average Bonchev–Trinajstić information content (AvgIpc) is 2.49. The SMILES string of the molecule is CN(C)CCN(C(=O)c1cccnc1)C1CCOCC1. The molecule has 110 valence electrons. The first-order chi connectivity index (χ1) is 9.68. The van der Waals surface area contributed by atoms with Crippen molar-refractivity contribution < 1.29 is 9.53 Å². The Morgan fingerprint density at radius 1 is 1.35 bits per heavy atom. The Hall–Kier alpha value is -1.46. The third-order valence-electron chi connectivity index (χ3n) is 3.59. The number of amides is 1. The molecule has 1 aromatic rings. The average molecular weight is 277 g/mol. The van der Waals surface area contributed by atoms with E-state index in [1.54, 1.807) is 18.5 Å². The summed E-state index contributed by atoms with van der Waals surface area (Å²) in [5.41, 5.74) is 0.665. The van der Waals surface area contributed by atoms with E-state index in [2.05, 4.69) is 9.88 Å². The van der Waals surface area contributed by atoms with Crippen LogP contribution in [-0.4, -0.2) is 67.1 Å². The molecule has 1 aromatic heterocycles. The summed E-state index contributed by atoms with van der Waals surface area (Å²) < 4.78 is 5.40. The van der Waals surface area contributed by atoms with Gasteiger partial charge in [0.2, 0.25) is 0 Å². The minimum Gasteiger partial charge on any atom is -0.381 e. The summed E-state index contributed by atoms with van der Waals surface area (Å²) in [6.45, 7) is 3.08. The fraction of sp³-hybridized carbons (Fsp3) is 0.600. The van der Waals surface area contributed by atoms with E-state index in [-0.39, 0.29) is 11.9 Å². The molecule has 1 aliphatic heterocycles. The molecule has 5 nitrogen and oxygen atoms in total. The molecule has 0 aliphatic carbocycles. The quantitative estimate of drug-likeness (QED) is 0.813. The number of hydrogen-bond donors (Lipinski definition) is 0. The molecule has 5 heteroatoms. The van der Waals surface area contributed by atoms with Crippen LogP contribution in [0.2, 0.25) is 0 Å². The van der Waals surface area contributed by atoms with E-state index in [1.807, 2.05) is 25.1 Å². The van der Waals surface area contributed by atoms with Crippen LogP contribution in [0.15, 0.2) is 24.5 Å². The van der Waals surface area contributed by atoms with Crippen molar-refractivity contribution in [1.82, 2.24) is 14.8 Å². The number of ether oxygens (including phenoxy) is 1. The normalized spacial score (nSPS) is 16.4. The van der Waals surface area contributed by atoms with E-state index in [9.17, 15) is 4.79 Å². The summed E-state index contributed by atoms with van der Waals surface area (Å²) in [6.07, 6.45) is 5.17. The van der Waals surface area contributed by atoms with E-state index in [4.69, 9.17) is 4.74 Å². The maximum Gasteiger partial charge on any atom is 0.255 e. The summed E-state index contributed by atoms with van der Waals surface area (Å²) in [7, 11) is 4.05. The molecule has 1 fully saturated rings. The Morgan fingerprint density at radius 3 is 2.70 bits per heavy atom. The summed E-state index contributed by atoms with van der Waals surface area (Å²) in [4.78, 5) is 20.8. The predicted molar refractivity (Wildman–Crippen MR) is 77.7 cm³/mol. The van der Waals surface area contributed by atoms with Crippen molar-refractivity contribution in [2.75, 3.05) is 40.4 Å². The molecular formula is C15H23N3O2. The molecule has 20 heavy (non-hydrogen) atoms. The molecule has 1 aliphatic rings. The van der Waals surface area contributed by atoms with Gasteiger partial charge in [-0.3, -0.25) is 9.78 Å². The van der Waals surface area contributed by atoms with Gasteiger partial charge in [0, 0.05) is 44.7 Å². The first kappa shape index (κ1) is 14.9. The van der Waals surface area contributed by atoms with Crippen LogP contribution in [0.1, 0.15) is 23.2 Å². The third kappa shape index (κ3) is 4.02. The molecule has 1 saturated heterocycles. The number of aromatic nitrogens is 1. The van der Waals surface area contributed by atoms with Crippen molar-refractivity contribution in [2.24, 2.45) is 0 Å². The van der Waals surface area contributed by atoms with Gasteiger partial charge in [0.05, 0.1) is 5.56 Å². The van der Waals surface area contributed by atoms with Gasteiger partial charge in [0.15, 0.2) is 0 Å². The lowest BCUT2D eigenvalue weighted by Crippen LogP contribution is -2.46. The van der Waals surface area contributed by atoms with Crippen LogP contribution in [0, 0.1) is 0 Å². The number of rotatable bonds is 5. The van der Waals surface area contributed by atoms with Crippen LogP contribution >= 0.6 is 0 Å². The van der Waals surface area contributed by atoms with Crippen molar-refractivity contribution in [2.45, 2.75) is 18.9 Å². The molecule has 0 N–H and O–H groups in total. The van der Waals surface area contributed by atoms with Gasteiger partial charge in [0.1, 0.15) is 0 Å². The van der Waals surface area contributed by atoms with E-state index < -0.39 is 0 Å². The van der Waals surface area contributed by atoms with Crippen molar-refractivity contribution >= 4 is 5.91 Å². The van der Waals surface area contributed by atoms with Crippen molar-refractivity contribution in [1.29, 1.82) is 0 Å². The molecule has 0 unspecified atom stereocenters. The van der Waals surface area contributed by atoms with Gasteiger partial charge in [-0.05, 0) is 39.1 Å². The second-order valence-corrected chi connectivity index (χ2v) is 5.39. The number of carbonyl (C=O) groups is 1. The largest absolute Gasteiger partial charge is 0.381 e. The summed E-state index contributed by atoms with van der Waals surface area (Å²) in [5, 5.41) is 0. The summed E-state index contributed by atoms with van der Waals surface area (Å²) >= 11 is 0. The van der Waals surface area contributed by atoms with Gasteiger partial charge in [-0.1, -0.05) is 0 Å². The Balaban J connectivity index is 2.10. The fourth-order valence-electron chi connectivity index (χ4n) is 2.41. The first-order valence-corrected chi connectivity index (χ1v) is 7.12. The van der Waals surface area contributed by atoms with Gasteiger partial charge in [0.25, 0.3) is 5.91 Å². The Kier molecular flexibility index (Phi) is 5.49. The molecule has 0 spiro atoms. The molecule has 2 rings (SSSR count). The molecule has 0 aromatic carbocycles. The molecule has 0 saturated carbocycles. The maximum atomic E-state index is 12.7. The molecule has 1 amide bonds. The third-order valence-corrected chi connectivity index (χ3v) is 3.59. The minimum atomic E-state index is 0.0758. The Bertz CT molecular complexity index is 416. The molecule has 0 radical (unpaired) electrons. The second kappa shape index (κ2) is 7.36. The van der Waals surface area contributed by atoms with Gasteiger partial charge < -0.3 is 14.5 Å². The Labute approximate surface area is 120 Å². The molecule has 2 heterocycles. The lowest BCUT2D eigenvalue weighted by molar-refractivity contribution is 0.0276. The van der Waals surface area contributed by atoms with E-state index >= 15 is 0 Å².